The van der Waals surface area contributed by atoms with Crippen molar-refractivity contribution >= 4 is 0 Å². The average Bonchev–Trinajstić information content (AvgIpc) is 2.41. The summed E-state index contributed by atoms with van der Waals surface area (Å²) in [6.45, 7) is 0. The Bertz CT molecular complexity index is 230. The number of ether oxygens (including phenoxy) is 1. The van der Waals surface area contributed by atoms with Crippen LogP contribution in [-0.2, 0) is 4.74 Å². The number of methoxy groups -OCH3 is 1. The van der Waals surface area contributed by atoms with Crippen molar-refractivity contribution in [3.63, 3.8) is 0 Å². The Morgan fingerprint density at radius 1 is 1.17 bits per heavy atom. The van der Waals surface area contributed by atoms with Gasteiger partial charge in [0.2, 0.25) is 0 Å². The Hall–Kier alpha value is 0.557. The van der Waals surface area contributed by atoms with Crippen molar-refractivity contribution in [2.45, 2.75) is 18.9 Å². The molecule has 0 aromatic heterocycles. The van der Waals surface area contributed by atoms with Gasteiger partial charge in [-0.2, -0.15) is 11.8 Å². The van der Waals surface area contributed by atoms with E-state index in [2.05, 4.69) is 0 Å². The smallest absolute Gasteiger partial charge is 0.384 e. The van der Waals surface area contributed by atoms with E-state index < -0.39 is 0 Å². The van der Waals surface area contributed by atoms with Gasteiger partial charge in [-0.1, -0.05) is 18.3 Å². The first kappa shape index (κ1) is 7.92. The number of hydrogen-bond acceptors (Lipinski definition) is 1. The monoisotopic (exact) mass is 156 g/mol. The summed E-state index contributed by atoms with van der Waals surface area (Å²) in [6, 6.07) is 0. The standard InChI is InChI=1S/C10H13O.Li/c1-11-7-3-5-4-2-6-8(5)10(6)9(4)7;/h4-9H,2-3H2,1H3;/q-1;+1. The van der Waals surface area contributed by atoms with Crippen molar-refractivity contribution in [2.75, 3.05) is 7.11 Å². The third kappa shape index (κ3) is 0.586. The molecule has 5 rings (SSSR count). The minimum absolute atomic E-state index is 0. The van der Waals surface area contributed by atoms with Crippen molar-refractivity contribution in [1.29, 1.82) is 0 Å². The normalized spacial score (nSPS) is 63.8. The number of rotatable bonds is 1. The van der Waals surface area contributed by atoms with E-state index in [0.717, 1.165) is 29.6 Å². The maximum absolute atomic E-state index is 5.52. The zero-order valence-electron chi connectivity index (χ0n) is 7.79. The first-order chi connectivity index (χ1) is 5.42. The van der Waals surface area contributed by atoms with Crippen molar-refractivity contribution in [1.82, 2.24) is 0 Å². The zero-order valence-corrected chi connectivity index (χ0v) is 7.79. The molecule has 12 heavy (non-hydrogen) atoms. The molecule has 2 heteroatoms. The maximum Gasteiger partial charge on any atom is 1.00 e. The van der Waals surface area contributed by atoms with Crippen LogP contribution in [0.1, 0.15) is 12.8 Å². The van der Waals surface area contributed by atoms with Crippen LogP contribution in [0.15, 0.2) is 0 Å². The third-order valence-corrected chi connectivity index (χ3v) is 4.73. The van der Waals surface area contributed by atoms with Crippen molar-refractivity contribution in [2.24, 2.45) is 29.6 Å². The van der Waals surface area contributed by atoms with Gasteiger partial charge in [0.1, 0.15) is 0 Å². The van der Waals surface area contributed by atoms with Crippen LogP contribution in [0, 0.1) is 35.5 Å². The molecule has 6 unspecified atom stereocenters. The Morgan fingerprint density at radius 2 is 1.92 bits per heavy atom. The van der Waals surface area contributed by atoms with Crippen LogP contribution in [0.5, 0.6) is 0 Å². The Morgan fingerprint density at radius 3 is 2.42 bits per heavy atom. The van der Waals surface area contributed by atoms with E-state index in [4.69, 9.17) is 4.74 Å². The van der Waals surface area contributed by atoms with E-state index in [1.165, 1.54) is 12.8 Å². The molecular weight excluding hydrogens is 143 g/mol. The van der Waals surface area contributed by atoms with Gasteiger partial charge in [0.15, 0.2) is 0 Å². The molecule has 1 nitrogen and oxygen atoms in total. The van der Waals surface area contributed by atoms with Gasteiger partial charge >= 0.3 is 18.9 Å². The number of hydrogen-bond donors (Lipinski definition) is 0. The predicted molar refractivity (Wildman–Crippen MR) is 40.7 cm³/mol. The predicted octanol–water partition coefficient (Wildman–Crippen LogP) is -1.50. The molecule has 0 spiro atoms. The van der Waals surface area contributed by atoms with Crippen molar-refractivity contribution in [3.8, 4) is 0 Å². The molecule has 5 aliphatic carbocycles. The maximum atomic E-state index is 5.52. The van der Waals surface area contributed by atoms with Crippen LogP contribution in [0.25, 0.3) is 0 Å². The van der Waals surface area contributed by atoms with Crippen molar-refractivity contribution in [3.05, 3.63) is 5.92 Å². The van der Waals surface area contributed by atoms with E-state index >= 15 is 0 Å². The molecule has 0 aliphatic heterocycles. The van der Waals surface area contributed by atoms with Crippen LogP contribution < -0.4 is 18.9 Å². The van der Waals surface area contributed by atoms with Gasteiger partial charge in [0.05, 0.1) is 0 Å². The summed E-state index contributed by atoms with van der Waals surface area (Å²) < 4.78 is 5.52. The summed E-state index contributed by atoms with van der Waals surface area (Å²) in [7, 11) is 1.89. The molecule has 60 valence electrons. The van der Waals surface area contributed by atoms with Crippen molar-refractivity contribution < 1.29 is 23.6 Å². The molecule has 0 aromatic carbocycles. The summed E-state index contributed by atoms with van der Waals surface area (Å²) in [4.78, 5) is 0. The first-order valence-corrected chi connectivity index (χ1v) is 4.81. The summed E-state index contributed by atoms with van der Waals surface area (Å²) in [6.07, 6.45) is 3.55. The summed E-state index contributed by atoms with van der Waals surface area (Å²) >= 11 is 0. The van der Waals surface area contributed by atoms with Gasteiger partial charge in [-0.05, 0) is 6.42 Å². The van der Waals surface area contributed by atoms with Gasteiger partial charge in [-0.15, -0.1) is 5.92 Å². The third-order valence-electron chi connectivity index (χ3n) is 4.73. The minimum atomic E-state index is 0. The van der Waals surface area contributed by atoms with E-state index in [1.807, 2.05) is 13.0 Å². The van der Waals surface area contributed by atoms with E-state index in [-0.39, 0.29) is 18.9 Å². The quantitative estimate of drug-likeness (QED) is 0.331. The molecule has 6 atom stereocenters. The Labute approximate surface area is 85.4 Å². The fourth-order valence-electron chi connectivity index (χ4n) is 4.52. The molecule has 0 heterocycles. The second-order valence-electron chi connectivity index (χ2n) is 4.73. The van der Waals surface area contributed by atoms with Crippen LogP contribution in [0.3, 0.4) is 0 Å². The van der Waals surface area contributed by atoms with Crippen LogP contribution >= 0.6 is 0 Å². The molecule has 5 saturated carbocycles. The largest absolute Gasteiger partial charge is 1.00 e. The van der Waals surface area contributed by atoms with Crippen LogP contribution in [0.2, 0.25) is 0 Å². The molecule has 0 amide bonds. The summed E-state index contributed by atoms with van der Waals surface area (Å²) in [5.41, 5.74) is 0. The molecule has 5 fully saturated rings. The zero-order chi connectivity index (χ0) is 7.16. The van der Waals surface area contributed by atoms with Gasteiger partial charge in [0.25, 0.3) is 0 Å². The molecule has 0 radical (unpaired) electrons. The van der Waals surface area contributed by atoms with Gasteiger partial charge < -0.3 is 10.7 Å². The molecular formula is C10H13LiO. The van der Waals surface area contributed by atoms with Gasteiger partial charge in [-0.25, -0.2) is 0 Å². The van der Waals surface area contributed by atoms with E-state index in [9.17, 15) is 0 Å². The minimum Gasteiger partial charge on any atom is -0.384 e. The fraction of sp³-hybridized carbons (Fsp3) is 0.900. The molecule has 0 N–H and O–H groups in total. The van der Waals surface area contributed by atoms with E-state index in [0.29, 0.717) is 6.10 Å². The molecule has 0 aromatic rings. The first-order valence-electron chi connectivity index (χ1n) is 4.81. The second kappa shape index (κ2) is 2.14. The molecule has 5 aliphatic rings. The van der Waals surface area contributed by atoms with E-state index in [1.54, 1.807) is 0 Å². The summed E-state index contributed by atoms with van der Waals surface area (Å²) in [5, 5.41) is 0. The second-order valence-corrected chi connectivity index (χ2v) is 4.73. The Kier molecular flexibility index (Phi) is 1.41. The summed E-state index contributed by atoms with van der Waals surface area (Å²) in [5.74, 6) is 7.21. The van der Waals surface area contributed by atoms with Gasteiger partial charge in [0, 0.05) is 13.2 Å². The molecule has 0 saturated heterocycles. The molecule has 6 bridgehead atoms. The fourth-order valence-corrected chi connectivity index (χ4v) is 4.52. The Balaban J connectivity index is 0.000000490. The average molecular weight is 156 g/mol. The SMILES string of the molecule is COC1CC2C3CC4[C-](C13)C42.[Li+]. The van der Waals surface area contributed by atoms with Gasteiger partial charge in [-0.3, -0.25) is 0 Å². The topological polar surface area (TPSA) is 9.23 Å². The van der Waals surface area contributed by atoms with Crippen LogP contribution in [0.4, 0.5) is 0 Å². The van der Waals surface area contributed by atoms with Crippen LogP contribution in [-0.4, -0.2) is 13.2 Å².